The van der Waals surface area contributed by atoms with Crippen molar-refractivity contribution in [2.24, 2.45) is 0 Å². The maximum atomic E-state index is 12.0. The van der Waals surface area contributed by atoms with Gasteiger partial charge in [-0.15, -0.1) is 0 Å². The highest BCUT2D eigenvalue weighted by Crippen LogP contribution is 2.21. The molecule has 0 radical (unpaired) electrons. The maximum absolute atomic E-state index is 12.0. The summed E-state index contributed by atoms with van der Waals surface area (Å²) >= 11 is 6.21. The number of aromatic amines is 1. The van der Waals surface area contributed by atoms with Gasteiger partial charge in [-0.1, -0.05) is 23.7 Å². The van der Waals surface area contributed by atoms with Crippen molar-refractivity contribution in [3.05, 3.63) is 80.4 Å². The smallest absolute Gasteiger partial charge is 0.269 e. The van der Waals surface area contributed by atoms with E-state index in [-0.39, 0.29) is 22.1 Å². The van der Waals surface area contributed by atoms with E-state index in [1.165, 1.54) is 12.1 Å². The number of hydrogen-bond donors (Lipinski definition) is 1. The van der Waals surface area contributed by atoms with E-state index in [1.807, 2.05) is 0 Å². The van der Waals surface area contributed by atoms with Crippen molar-refractivity contribution in [1.82, 2.24) is 9.97 Å². The molecule has 1 heterocycles. The number of hydrogen-bond acceptors (Lipinski definition) is 4. The predicted molar refractivity (Wildman–Crippen MR) is 89.2 cm³/mol. The molecule has 6 nitrogen and oxygen atoms in total. The number of H-pyrrole nitrogens is 1. The van der Waals surface area contributed by atoms with Crippen LogP contribution in [0.3, 0.4) is 0 Å². The Bertz CT molecular complexity index is 978. The third-order valence-electron chi connectivity index (χ3n) is 3.24. The molecule has 2 aromatic carbocycles. The number of nitro benzene ring substituents is 1. The number of nitrogens with one attached hydrogen (secondary N) is 1. The zero-order valence-electron chi connectivity index (χ0n) is 11.7. The summed E-state index contributed by atoms with van der Waals surface area (Å²) in [5.41, 5.74) is 0.925. The topological polar surface area (TPSA) is 88.9 Å². The number of fused-ring (bicyclic) bond motifs is 1. The van der Waals surface area contributed by atoms with Crippen LogP contribution in [0.25, 0.3) is 22.0 Å². The summed E-state index contributed by atoms with van der Waals surface area (Å²) in [4.78, 5) is 29.1. The molecule has 0 atom stereocenters. The minimum atomic E-state index is -0.475. The molecule has 0 amide bonds. The van der Waals surface area contributed by atoms with Gasteiger partial charge in [-0.2, -0.15) is 0 Å². The third kappa shape index (κ3) is 3.12. The molecule has 0 aliphatic carbocycles. The lowest BCUT2D eigenvalue weighted by atomic mass is 10.2. The normalized spacial score (nSPS) is 11.6. The first kappa shape index (κ1) is 14.9. The second kappa shape index (κ2) is 6.02. The average Bonchev–Trinajstić information content (AvgIpc) is 2.55. The van der Waals surface area contributed by atoms with Gasteiger partial charge in [-0.3, -0.25) is 14.9 Å². The fourth-order valence-corrected chi connectivity index (χ4v) is 2.32. The highest BCUT2D eigenvalue weighted by Gasteiger charge is 2.07. The number of non-ortho nitro benzene ring substituents is 1. The van der Waals surface area contributed by atoms with Crippen LogP contribution in [0.4, 0.5) is 5.69 Å². The molecule has 1 aromatic heterocycles. The van der Waals surface area contributed by atoms with Crippen LogP contribution in [-0.4, -0.2) is 14.9 Å². The third-order valence-corrected chi connectivity index (χ3v) is 3.52. The van der Waals surface area contributed by atoms with E-state index >= 15 is 0 Å². The second-order valence-electron chi connectivity index (χ2n) is 4.77. The van der Waals surface area contributed by atoms with E-state index in [4.69, 9.17) is 11.6 Å². The highest BCUT2D eigenvalue weighted by molar-refractivity contribution is 6.50. The summed E-state index contributed by atoms with van der Waals surface area (Å²) in [6.45, 7) is 0. The lowest BCUT2D eigenvalue weighted by Crippen LogP contribution is -2.10. The Labute approximate surface area is 135 Å². The number of benzene rings is 2. The maximum Gasteiger partial charge on any atom is 0.269 e. The molecule has 0 saturated carbocycles. The molecule has 0 fully saturated rings. The molecule has 0 spiro atoms. The van der Waals surface area contributed by atoms with Gasteiger partial charge in [-0.05, 0) is 35.9 Å². The van der Waals surface area contributed by atoms with Crippen LogP contribution in [0.5, 0.6) is 0 Å². The van der Waals surface area contributed by atoms with Gasteiger partial charge < -0.3 is 4.98 Å². The predicted octanol–water partition coefficient (Wildman–Crippen LogP) is 3.57. The van der Waals surface area contributed by atoms with Crippen LogP contribution in [0, 0.1) is 10.1 Å². The van der Waals surface area contributed by atoms with Gasteiger partial charge in [0.2, 0.25) is 0 Å². The van der Waals surface area contributed by atoms with Crippen molar-refractivity contribution in [2.75, 3.05) is 0 Å². The molecule has 3 rings (SSSR count). The summed E-state index contributed by atoms with van der Waals surface area (Å²) in [5.74, 6) is 0.244. The number of halogens is 1. The van der Waals surface area contributed by atoms with E-state index in [1.54, 1.807) is 42.5 Å². The standard InChI is InChI=1S/C16H10ClN3O3/c17-13(9-10-5-7-11(8-6-10)20(22)23)15-18-14-4-2-1-3-12(14)16(21)19-15/h1-9H,(H,18,19,21)/b13-9-. The van der Waals surface area contributed by atoms with Gasteiger partial charge in [0.25, 0.3) is 11.2 Å². The summed E-state index contributed by atoms with van der Waals surface area (Å²) in [7, 11) is 0. The molecular formula is C16H10ClN3O3. The summed E-state index contributed by atoms with van der Waals surface area (Å²) in [5, 5.41) is 11.4. The van der Waals surface area contributed by atoms with Gasteiger partial charge in [0.05, 0.1) is 20.9 Å². The number of para-hydroxylation sites is 1. The SMILES string of the molecule is O=c1[nH]c(/C(Cl)=C/c2ccc([N+](=O)[O-])cc2)nc2ccccc12. The molecule has 0 bridgehead atoms. The van der Waals surface area contributed by atoms with Gasteiger partial charge in [0.1, 0.15) is 0 Å². The molecule has 114 valence electrons. The Balaban J connectivity index is 2.00. The Hall–Kier alpha value is -2.99. The van der Waals surface area contributed by atoms with E-state index in [9.17, 15) is 14.9 Å². The van der Waals surface area contributed by atoms with E-state index in [2.05, 4.69) is 9.97 Å². The van der Waals surface area contributed by atoms with E-state index < -0.39 is 4.92 Å². The fourth-order valence-electron chi connectivity index (χ4n) is 2.11. The number of rotatable bonds is 3. The lowest BCUT2D eigenvalue weighted by molar-refractivity contribution is -0.384. The van der Waals surface area contributed by atoms with Crippen LogP contribution >= 0.6 is 11.6 Å². The molecule has 0 saturated heterocycles. The van der Waals surface area contributed by atoms with Crippen molar-refractivity contribution >= 4 is 39.3 Å². The van der Waals surface area contributed by atoms with Crippen molar-refractivity contribution < 1.29 is 4.92 Å². The molecule has 0 aliphatic rings. The molecular weight excluding hydrogens is 318 g/mol. The van der Waals surface area contributed by atoms with Crippen molar-refractivity contribution in [2.45, 2.75) is 0 Å². The molecule has 3 aromatic rings. The van der Waals surface area contributed by atoms with Gasteiger partial charge in [0, 0.05) is 12.1 Å². The molecule has 0 aliphatic heterocycles. The zero-order chi connectivity index (χ0) is 16.4. The molecule has 1 N–H and O–H groups in total. The van der Waals surface area contributed by atoms with Crippen molar-refractivity contribution in [3.8, 4) is 0 Å². The summed E-state index contributed by atoms with van der Waals surface area (Å²) < 4.78 is 0. The first-order chi connectivity index (χ1) is 11.0. The Morgan fingerprint density at radius 1 is 1.17 bits per heavy atom. The van der Waals surface area contributed by atoms with Crippen LogP contribution in [0.15, 0.2) is 53.3 Å². The largest absolute Gasteiger partial charge is 0.305 e. The molecule has 7 heteroatoms. The average molecular weight is 328 g/mol. The number of aromatic nitrogens is 2. The Kier molecular flexibility index (Phi) is 3.91. The summed E-state index contributed by atoms with van der Waals surface area (Å²) in [6, 6.07) is 12.8. The van der Waals surface area contributed by atoms with E-state index in [0.717, 1.165) is 0 Å². The van der Waals surface area contributed by atoms with E-state index in [0.29, 0.717) is 16.5 Å². The fraction of sp³-hybridized carbons (Fsp3) is 0. The van der Waals surface area contributed by atoms with Crippen molar-refractivity contribution in [1.29, 1.82) is 0 Å². The van der Waals surface area contributed by atoms with Crippen LogP contribution in [-0.2, 0) is 0 Å². The number of nitro groups is 1. The first-order valence-corrected chi connectivity index (χ1v) is 7.03. The van der Waals surface area contributed by atoms with Crippen LogP contribution in [0.2, 0.25) is 0 Å². The lowest BCUT2D eigenvalue weighted by Gasteiger charge is -2.02. The van der Waals surface area contributed by atoms with Crippen LogP contribution in [0.1, 0.15) is 11.4 Å². The van der Waals surface area contributed by atoms with Gasteiger partial charge >= 0.3 is 0 Å². The summed E-state index contributed by atoms with van der Waals surface area (Å²) in [6.07, 6.45) is 1.58. The second-order valence-corrected chi connectivity index (χ2v) is 5.18. The van der Waals surface area contributed by atoms with Gasteiger partial charge in [-0.25, -0.2) is 4.98 Å². The Morgan fingerprint density at radius 3 is 2.57 bits per heavy atom. The first-order valence-electron chi connectivity index (χ1n) is 6.66. The van der Waals surface area contributed by atoms with Crippen molar-refractivity contribution in [3.63, 3.8) is 0 Å². The monoisotopic (exact) mass is 327 g/mol. The zero-order valence-corrected chi connectivity index (χ0v) is 12.4. The van der Waals surface area contributed by atoms with Crippen LogP contribution < -0.4 is 5.56 Å². The number of nitrogens with zero attached hydrogens (tertiary/aromatic N) is 2. The quantitative estimate of drug-likeness (QED) is 0.588. The molecule has 23 heavy (non-hydrogen) atoms. The Morgan fingerprint density at radius 2 is 1.87 bits per heavy atom. The minimum Gasteiger partial charge on any atom is -0.305 e. The minimum absolute atomic E-state index is 0.00416. The highest BCUT2D eigenvalue weighted by atomic mass is 35.5. The molecule has 0 unspecified atom stereocenters. The van der Waals surface area contributed by atoms with Gasteiger partial charge in [0.15, 0.2) is 5.82 Å².